The molecule has 0 saturated heterocycles. The van der Waals surface area contributed by atoms with Crippen molar-refractivity contribution >= 4 is 27.8 Å². The average Bonchev–Trinajstić information content (AvgIpc) is 2.36. The molecule has 0 aliphatic heterocycles. The van der Waals surface area contributed by atoms with Gasteiger partial charge in [0.1, 0.15) is 5.75 Å². The summed E-state index contributed by atoms with van der Waals surface area (Å²) < 4.78 is 6.39. The van der Waals surface area contributed by atoms with Crippen LogP contribution in [0.2, 0.25) is 0 Å². The molecule has 0 bridgehead atoms. The first-order valence-corrected chi connectivity index (χ1v) is 6.38. The van der Waals surface area contributed by atoms with Gasteiger partial charge in [-0.15, -0.1) is 0 Å². The second kappa shape index (κ2) is 8.49. The summed E-state index contributed by atoms with van der Waals surface area (Å²) in [6.45, 7) is -0.158. The number of hydrogen-bond acceptors (Lipinski definition) is 4. The van der Waals surface area contributed by atoms with Gasteiger partial charge >= 0.3 is 5.97 Å². The summed E-state index contributed by atoms with van der Waals surface area (Å²) >= 11 is 3.32. The Balaban J connectivity index is 2.08. The minimum absolute atomic E-state index is 0.205. The molecule has 1 amide bonds. The Kier molecular flexibility index (Phi) is 6.91. The maximum atomic E-state index is 11.2. The minimum Gasteiger partial charge on any atom is -0.494 e. The zero-order chi connectivity index (χ0) is 14.1. The van der Waals surface area contributed by atoms with E-state index in [2.05, 4.69) is 20.8 Å². The summed E-state index contributed by atoms with van der Waals surface area (Å²) in [5.41, 5.74) is 2.04. The van der Waals surface area contributed by atoms with Gasteiger partial charge in [0.2, 0.25) is 5.91 Å². The van der Waals surface area contributed by atoms with E-state index in [1.54, 1.807) is 0 Å². The molecule has 0 atom stereocenters. The quantitative estimate of drug-likeness (QED) is 0.560. The van der Waals surface area contributed by atoms with Crippen molar-refractivity contribution < 1.29 is 24.3 Å². The SMILES string of the molecule is O=C(O)CONC(=O)CCCOc1ccc(Br)cc1. The third-order valence-electron chi connectivity index (χ3n) is 2.01. The molecule has 1 aromatic rings. The fourth-order valence-corrected chi connectivity index (χ4v) is 1.45. The van der Waals surface area contributed by atoms with E-state index in [9.17, 15) is 9.59 Å². The molecule has 104 valence electrons. The van der Waals surface area contributed by atoms with Gasteiger partial charge in [-0.05, 0) is 30.7 Å². The number of nitrogens with one attached hydrogen (secondary N) is 1. The Morgan fingerprint density at radius 1 is 1.26 bits per heavy atom. The molecule has 1 aromatic carbocycles. The largest absolute Gasteiger partial charge is 0.494 e. The monoisotopic (exact) mass is 331 g/mol. The number of carbonyl (C=O) groups is 2. The highest BCUT2D eigenvalue weighted by atomic mass is 79.9. The summed E-state index contributed by atoms with van der Waals surface area (Å²) in [5.74, 6) is -0.787. The molecule has 0 aliphatic carbocycles. The maximum Gasteiger partial charge on any atom is 0.332 e. The van der Waals surface area contributed by atoms with E-state index in [0.717, 1.165) is 10.2 Å². The van der Waals surface area contributed by atoms with Crippen LogP contribution >= 0.6 is 15.9 Å². The lowest BCUT2D eigenvalue weighted by molar-refractivity contribution is -0.149. The highest BCUT2D eigenvalue weighted by molar-refractivity contribution is 9.10. The molecule has 0 unspecified atom stereocenters. The van der Waals surface area contributed by atoms with Gasteiger partial charge in [-0.3, -0.25) is 9.63 Å². The molecule has 0 fully saturated rings. The number of rotatable bonds is 8. The Morgan fingerprint density at radius 3 is 2.58 bits per heavy atom. The van der Waals surface area contributed by atoms with Crippen molar-refractivity contribution in [3.63, 3.8) is 0 Å². The van der Waals surface area contributed by atoms with E-state index in [1.165, 1.54) is 0 Å². The number of aliphatic carboxylic acids is 1. The van der Waals surface area contributed by atoms with Gasteiger partial charge in [-0.25, -0.2) is 10.3 Å². The number of amides is 1. The van der Waals surface area contributed by atoms with Crippen molar-refractivity contribution in [3.8, 4) is 5.75 Å². The molecule has 19 heavy (non-hydrogen) atoms. The number of ether oxygens (including phenoxy) is 1. The van der Waals surface area contributed by atoms with Gasteiger partial charge in [-0.2, -0.15) is 0 Å². The summed E-state index contributed by atoms with van der Waals surface area (Å²) in [6.07, 6.45) is 0.717. The van der Waals surface area contributed by atoms with Gasteiger partial charge in [0.25, 0.3) is 0 Å². The van der Waals surface area contributed by atoms with Gasteiger partial charge < -0.3 is 9.84 Å². The first-order valence-electron chi connectivity index (χ1n) is 5.58. The molecule has 0 aliphatic rings. The lowest BCUT2D eigenvalue weighted by Gasteiger charge is -2.06. The standard InChI is InChI=1S/C12H14BrNO5/c13-9-3-5-10(6-4-9)18-7-1-2-11(15)14-19-8-12(16)17/h3-6H,1-2,7-8H2,(H,14,15)(H,16,17). The van der Waals surface area contributed by atoms with Crippen molar-refractivity contribution in [3.05, 3.63) is 28.7 Å². The Morgan fingerprint density at radius 2 is 1.95 bits per heavy atom. The van der Waals surface area contributed by atoms with E-state index in [0.29, 0.717) is 13.0 Å². The molecule has 6 nitrogen and oxygen atoms in total. The molecule has 1 rings (SSSR count). The van der Waals surface area contributed by atoms with Crippen LogP contribution in [0, 0.1) is 0 Å². The van der Waals surface area contributed by atoms with Crippen molar-refractivity contribution in [2.24, 2.45) is 0 Å². The molecule has 0 aromatic heterocycles. The van der Waals surface area contributed by atoms with Crippen LogP contribution in [0.3, 0.4) is 0 Å². The fraction of sp³-hybridized carbons (Fsp3) is 0.333. The number of benzene rings is 1. The van der Waals surface area contributed by atoms with Crippen LogP contribution in [0.4, 0.5) is 0 Å². The first-order chi connectivity index (χ1) is 9.08. The highest BCUT2D eigenvalue weighted by Gasteiger charge is 2.03. The molecule has 2 N–H and O–H groups in total. The minimum atomic E-state index is -1.14. The number of carboxylic acids is 1. The number of halogens is 1. The van der Waals surface area contributed by atoms with Crippen molar-refractivity contribution in [2.75, 3.05) is 13.2 Å². The van der Waals surface area contributed by atoms with E-state index in [4.69, 9.17) is 9.84 Å². The van der Waals surface area contributed by atoms with Crippen LogP contribution in [0.25, 0.3) is 0 Å². The van der Waals surface area contributed by atoms with Crippen molar-refractivity contribution in [2.45, 2.75) is 12.8 Å². The molecule has 0 radical (unpaired) electrons. The van der Waals surface area contributed by atoms with Gasteiger partial charge in [-0.1, -0.05) is 15.9 Å². The number of hydrogen-bond donors (Lipinski definition) is 2. The van der Waals surface area contributed by atoms with Crippen LogP contribution in [0.1, 0.15) is 12.8 Å². The Labute approximate surface area is 118 Å². The summed E-state index contributed by atoms with van der Waals surface area (Å²) in [7, 11) is 0. The van der Waals surface area contributed by atoms with Crippen LogP contribution in [0.5, 0.6) is 5.75 Å². The number of carboxylic acid groups (broad SMARTS) is 1. The second-order valence-corrected chi connectivity index (χ2v) is 4.53. The highest BCUT2D eigenvalue weighted by Crippen LogP contribution is 2.16. The third kappa shape index (κ3) is 7.43. The van der Waals surface area contributed by atoms with Crippen molar-refractivity contribution in [1.82, 2.24) is 5.48 Å². The van der Waals surface area contributed by atoms with E-state index < -0.39 is 12.6 Å². The van der Waals surface area contributed by atoms with E-state index in [-0.39, 0.29) is 12.3 Å². The second-order valence-electron chi connectivity index (χ2n) is 3.61. The summed E-state index contributed by atoms with van der Waals surface area (Å²) in [4.78, 5) is 25.8. The molecule has 0 saturated carbocycles. The van der Waals surface area contributed by atoms with Crippen LogP contribution < -0.4 is 10.2 Å². The molecule has 0 heterocycles. The first kappa shape index (κ1) is 15.5. The molecular formula is C12H14BrNO5. The molecule has 7 heteroatoms. The van der Waals surface area contributed by atoms with Crippen molar-refractivity contribution in [1.29, 1.82) is 0 Å². The van der Waals surface area contributed by atoms with Crippen LogP contribution in [-0.4, -0.2) is 30.2 Å². The van der Waals surface area contributed by atoms with Crippen LogP contribution in [0.15, 0.2) is 28.7 Å². The van der Waals surface area contributed by atoms with Gasteiger partial charge in [0, 0.05) is 10.9 Å². The third-order valence-corrected chi connectivity index (χ3v) is 2.54. The van der Waals surface area contributed by atoms with E-state index >= 15 is 0 Å². The smallest absolute Gasteiger partial charge is 0.332 e. The maximum absolute atomic E-state index is 11.2. The van der Waals surface area contributed by atoms with Crippen LogP contribution in [-0.2, 0) is 14.4 Å². The Bertz CT molecular complexity index is 421. The molecular weight excluding hydrogens is 318 g/mol. The number of hydroxylamine groups is 1. The zero-order valence-electron chi connectivity index (χ0n) is 10.1. The fourth-order valence-electron chi connectivity index (χ4n) is 1.18. The predicted octanol–water partition coefficient (Wildman–Crippen LogP) is 1.74. The number of carbonyl (C=O) groups excluding carboxylic acids is 1. The summed E-state index contributed by atoms with van der Waals surface area (Å²) in [6, 6.07) is 7.36. The lowest BCUT2D eigenvalue weighted by atomic mass is 10.3. The molecule has 0 spiro atoms. The van der Waals surface area contributed by atoms with Gasteiger partial charge in [0.05, 0.1) is 6.61 Å². The zero-order valence-corrected chi connectivity index (χ0v) is 11.7. The topological polar surface area (TPSA) is 84.9 Å². The van der Waals surface area contributed by atoms with Gasteiger partial charge in [0.15, 0.2) is 6.61 Å². The average molecular weight is 332 g/mol. The normalized spacial score (nSPS) is 9.95. The van der Waals surface area contributed by atoms with E-state index in [1.807, 2.05) is 29.7 Å². The predicted molar refractivity (Wildman–Crippen MR) is 70.6 cm³/mol. The lowest BCUT2D eigenvalue weighted by Crippen LogP contribution is -2.26. The Hall–Kier alpha value is -1.60. The summed E-state index contributed by atoms with van der Waals surface area (Å²) in [5, 5.41) is 8.29.